The molecule has 2 fully saturated rings. The average molecular weight is 208 g/mol. The molecule has 3 nitrogen and oxygen atoms in total. The van der Waals surface area contributed by atoms with Gasteiger partial charge >= 0.3 is 6.03 Å². The lowest BCUT2D eigenvalue weighted by molar-refractivity contribution is 0.145. The number of nitrogens with zero attached hydrogens (tertiary/aromatic N) is 2. The summed E-state index contributed by atoms with van der Waals surface area (Å²) >= 11 is 0. The van der Waals surface area contributed by atoms with Crippen molar-refractivity contribution in [2.75, 3.05) is 19.6 Å². The van der Waals surface area contributed by atoms with Gasteiger partial charge in [0.1, 0.15) is 0 Å². The van der Waals surface area contributed by atoms with Crippen LogP contribution in [0.2, 0.25) is 0 Å². The molecule has 1 aliphatic carbocycles. The quantitative estimate of drug-likeness (QED) is 0.652. The van der Waals surface area contributed by atoms with Crippen LogP contribution in [0.3, 0.4) is 0 Å². The highest BCUT2D eigenvalue weighted by Crippen LogP contribution is 2.28. The van der Waals surface area contributed by atoms with E-state index in [4.69, 9.17) is 0 Å². The molecule has 2 aliphatic rings. The third kappa shape index (κ3) is 2.52. The lowest BCUT2D eigenvalue weighted by Gasteiger charge is -2.32. The fourth-order valence-electron chi connectivity index (χ4n) is 2.18. The van der Waals surface area contributed by atoms with E-state index in [-0.39, 0.29) is 6.03 Å². The molecular formula is C12H20N2O. The Kier molecular flexibility index (Phi) is 3.29. The van der Waals surface area contributed by atoms with Gasteiger partial charge in [0.05, 0.1) is 0 Å². The van der Waals surface area contributed by atoms with Crippen LogP contribution in [0.15, 0.2) is 12.7 Å². The van der Waals surface area contributed by atoms with E-state index in [2.05, 4.69) is 6.58 Å². The molecule has 15 heavy (non-hydrogen) atoms. The number of urea groups is 1. The third-order valence-corrected chi connectivity index (χ3v) is 3.19. The number of amides is 2. The zero-order chi connectivity index (χ0) is 10.7. The van der Waals surface area contributed by atoms with Crippen molar-refractivity contribution in [3.05, 3.63) is 12.7 Å². The summed E-state index contributed by atoms with van der Waals surface area (Å²) in [6, 6.07) is 0.731. The first-order valence-electron chi connectivity index (χ1n) is 5.99. The Morgan fingerprint density at radius 2 is 2.00 bits per heavy atom. The zero-order valence-corrected chi connectivity index (χ0v) is 9.32. The summed E-state index contributed by atoms with van der Waals surface area (Å²) in [7, 11) is 0. The summed E-state index contributed by atoms with van der Waals surface area (Å²) in [4.78, 5) is 16.2. The molecule has 0 N–H and O–H groups in total. The largest absolute Gasteiger partial charge is 0.325 e. The van der Waals surface area contributed by atoms with Crippen molar-refractivity contribution in [3.8, 4) is 0 Å². The van der Waals surface area contributed by atoms with E-state index >= 15 is 0 Å². The molecule has 0 radical (unpaired) electrons. The molecule has 2 amide bonds. The molecule has 0 aromatic rings. The molecule has 0 aromatic heterocycles. The topological polar surface area (TPSA) is 23.6 Å². The van der Waals surface area contributed by atoms with E-state index in [1.807, 2.05) is 15.9 Å². The molecule has 1 aliphatic heterocycles. The van der Waals surface area contributed by atoms with Crippen molar-refractivity contribution in [2.24, 2.45) is 0 Å². The Bertz CT molecular complexity index is 242. The summed E-state index contributed by atoms with van der Waals surface area (Å²) in [5.74, 6) is 0. The van der Waals surface area contributed by atoms with E-state index in [1.165, 1.54) is 32.1 Å². The first kappa shape index (κ1) is 10.5. The van der Waals surface area contributed by atoms with Gasteiger partial charge in [-0.2, -0.15) is 0 Å². The monoisotopic (exact) mass is 208 g/mol. The predicted molar refractivity (Wildman–Crippen MR) is 60.7 cm³/mol. The number of carbonyl (C=O) groups excluding carboxylic acids is 1. The first-order valence-corrected chi connectivity index (χ1v) is 5.99. The van der Waals surface area contributed by atoms with Gasteiger partial charge in [-0.05, 0) is 32.1 Å². The van der Waals surface area contributed by atoms with Gasteiger partial charge < -0.3 is 9.80 Å². The Hall–Kier alpha value is -0.990. The SMILES string of the molecule is C=CCN(C(=O)N1CCCCC1)C1CC1. The second-order valence-electron chi connectivity index (χ2n) is 4.50. The summed E-state index contributed by atoms with van der Waals surface area (Å²) < 4.78 is 0. The fraction of sp³-hybridized carbons (Fsp3) is 0.750. The average Bonchev–Trinajstić information content (AvgIpc) is 3.10. The van der Waals surface area contributed by atoms with Crippen molar-refractivity contribution in [1.82, 2.24) is 9.80 Å². The molecule has 0 aromatic carbocycles. The lowest BCUT2D eigenvalue weighted by atomic mass is 10.1. The van der Waals surface area contributed by atoms with Gasteiger partial charge in [0.25, 0.3) is 0 Å². The Morgan fingerprint density at radius 3 is 2.53 bits per heavy atom. The fourth-order valence-corrected chi connectivity index (χ4v) is 2.18. The number of carbonyl (C=O) groups is 1. The maximum absolute atomic E-state index is 12.2. The highest BCUT2D eigenvalue weighted by atomic mass is 16.2. The van der Waals surface area contributed by atoms with Crippen LogP contribution in [0.4, 0.5) is 4.79 Å². The molecule has 0 spiro atoms. The van der Waals surface area contributed by atoms with Gasteiger partial charge in [0, 0.05) is 25.7 Å². The van der Waals surface area contributed by atoms with Crippen molar-refractivity contribution >= 4 is 6.03 Å². The van der Waals surface area contributed by atoms with Crippen LogP contribution >= 0.6 is 0 Å². The Labute approximate surface area is 91.7 Å². The lowest BCUT2D eigenvalue weighted by Crippen LogP contribution is -2.46. The maximum Gasteiger partial charge on any atom is 0.320 e. The van der Waals surface area contributed by atoms with Crippen molar-refractivity contribution in [1.29, 1.82) is 0 Å². The van der Waals surface area contributed by atoms with Crippen LogP contribution in [0, 0.1) is 0 Å². The molecule has 1 saturated heterocycles. The summed E-state index contributed by atoms with van der Waals surface area (Å²) in [5, 5.41) is 0. The van der Waals surface area contributed by atoms with Crippen LogP contribution in [-0.4, -0.2) is 41.5 Å². The van der Waals surface area contributed by atoms with E-state index in [1.54, 1.807) is 0 Å². The number of piperidine rings is 1. The molecule has 1 heterocycles. The molecule has 2 rings (SSSR count). The smallest absolute Gasteiger partial charge is 0.320 e. The minimum absolute atomic E-state index is 0.233. The van der Waals surface area contributed by atoms with Gasteiger partial charge in [-0.1, -0.05) is 6.08 Å². The molecule has 0 unspecified atom stereocenters. The molecule has 0 atom stereocenters. The van der Waals surface area contributed by atoms with Crippen molar-refractivity contribution in [2.45, 2.75) is 38.1 Å². The third-order valence-electron chi connectivity index (χ3n) is 3.19. The van der Waals surface area contributed by atoms with Crippen LogP contribution in [0.25, 0.3) is 0 Å². The maximum atomic E-state index is 12.2. The predicted octanol–water partition coefficient (Wildman–Crippen LogP) is 2.24. The Morgan fingerprint density at radius 1 is 1.33 bits per heavy atom. The van der Waals surface area contributed by atoms with Gasteiger partial charge in [0.2, 0.25) is 0 Å². The molecule has 84 valence electrons. The molecule has 3 heteroatoms. The number of hydrogen-bond donors (Lipinski definition) is 0. The van der Waals surface area contributed by atoms with E-state index < -0.39 is 0 Å². The van der Waals surface area contributed by atoms with Gasteiger partial charge in [-0.25, -0.2) is 4.79 Å². The minimum Gasteiger partial charge on any atom is -0.325 e. The second kappa shape index (κ2) is 4.69. The van der Waals surface area contributed by atoms with Crippen molar-refractivity contribution < 1.29 is 4.79 Å². The van der Waals surface area contributed by atoms with E-state index in [0.717, 1.165) is 13.1 Å². The van der Waals surface area contributed by atoms with Gasteiger partial charge in [-0.3, -0.25) is 0 Å². The second-order valence-corrected chi connectivity index (χ2v) is 4.50. The van der Waals surface area contributed by atoms with Gasteiger partial charge in [-0.15, -0.1) is 6.58 Å². The van der Waals surface area contributed by atoms with E-state index in [0.29, 0.717) is 12.6 Å². The number of rotatable bonds is 3. The molecule has 1 saturated carbocycles. The van der Waals surface area contributed by atoms with Gasteiger partial charge in [0.15, 0.2) is 0 Å². The Balaban J connectivity index is 1.93. The van der Waals surface area contributed by atoms with Crippen LogP contribution in [0.5, 0.6) is 0 Å². The standard InChI is InChI=1S/C12H20N2O/c1-2-8-14(11-6-7-11)12(15)13-9-4-3-5-10-13/h2,11H,1,3-10H2. The first-order chi connectivity index (χ1) is 7.33. The number of hydrogen-bond acceptors (Lipinski definition) is 1. The highest BCUT2D eigenvalue weighted by Gasteiger charge is 2.34. The molecule has 0 bridgehead atoms. The molecular weight excluding hydrogens is 188 g/mol. The van der Waals surface area contributed by atoms with E-state index in [9.17, 15) is 4.79 Å². The minimum atomic E-state index is 0.233. The van der Waals surface area contributed by atoms with Crippen LogP contribution in [-0.2, 0) is 0 Å². The summed E-state index contributed by atoms with van der Waals surface area (Å²) in [5.41, 5.74) is 0. The normalized spacial score (nSPS) is 21.2. The summed E-state index contributed by atoms with van der Waals surface area (Å²) in [6.07, 6.45) is 7.78. The van der Waals surface area contributed by atoms with Crippen LogP contribution in [0.1, 0.15) is 32.1 Å². The highest BCUT2D eigenvalue weighted by molar-refractivity contribution is 5.75. The summed E-state index contributed by atoms with van der Waals surface area (Å²) in [6.45, 7) is 6.32. The van der Waals surface area contributed by atoms with Crippen molar-refractivity contribution in [3.63, 3.8) is 0 Å². The number of likely N-dealkylation sites (tertiary alicyclic amines) is 1. The zero-order valence-electron chi connectivity index (χ0n) is 9.32. The van der Waals surface area contributed by atoms with Crippen LogP contribution < -0.4 is 0 Å².